The molecule has 0 spiro atoms. The predicted octanol–water partition coefficient (Wildman–Crippen LogP) is 5.42. The molecule has 1 atom stereocenters. The molecular formula is C31H41NO10. The summed E-state index contributed by atoms with van der Waals surface area (Å²) < 4.78 is 37.7. The lowest BCUT2D eigenvalue weighted by molar-refractivity contribution is -0.159. The first kappa shape index (κ1) is 33.8. The van der Waals surface area contributed by atoms with Gasteiger partial charge in [0.15, 0.2) is 23.0 Å². The van der Waals surface area contributed by atoms with Gasteiger partial charge in [0.2, 0.25) is 5.75 Å². The Morgan fingerprint density at radius 1 is 0.714 bits per heavy atom. The number of carbonyl (C=O) groups is 3. The molecule has 0 aliphatic carbocycles. The molecule has 0 saturated heterocycles. The van der Waals surface area contributed by atoms with Crippen LogP contribution in [0.3, 0.4) is 0 Å². The highest BCUT2D eigenvalue weighted by Gasteiger charge is 2.31. The molecule has 0 aromatic heterocycles. The molecule has 1 amide bonds. The van der Waals surface area contributed by atoms with Crippen LogP contribution in [0, 0.1) is 0 Å². The van der Waals surface area contributed by atoms with Gasteiger partial charge in [0.25, 0.3) is 0 Å². The Morgan fingerprint density at radius 3 is 1.74 bits per heavy atom. The zero-order valence-electron chi connectivity index (χ0n) is 25.9. The fourth-order valence-electron chi connectivity index (χ4n) is 3.61. The SMILES string of the molecule is COc1ccc(C=Cc2cc(OC)c(OC)c(OC)c2)cc1OC(=O)CC(NC(=O)OC(C)(C)C)C(=O)OC(C)(C)C. The van der Waals surface area contributed by atoms with Gasteiger partial charge in [-0.05, 0) is 76.9 Å². The second kappa shape index (κ2) is 14.5. The molecule has 0 aliphatic heterocycles. The van der Waals surface area contributed by atoms with Crippen molar-refractivity contribution in [2.75, 3.05) is 28.4 Å². The monoisotopic (exact) mass is 587 g/mol. The molecule has 0 saturated carbocycles. The smallest absolute Gasteiger partial charge is 0.408 e. The number of methoxy groups -OCH3 is 4. The van der Waals surface area contributed by atoms with Crippen molar-refractivity contribution in [2.45, 2.75) is 65.2 Å². The zero-order chi connectivity index (χ0) is 31.7. The molecule has 0 heterocycles. The van der Waals surface area contributed by atoms with Crippen LogP contribution in [-0.4, -0.2) is 63.7 Å². The van der Waals surface area contributed by atoms with E-state index in [1.54, 1.807) is 78.0 Å². The number of ether oxygens (including phenoxy) is 7. The van der Waals surface area contributed by atoms with Crippen LogP contribution in [0.1, 0.15) is 59.1 Å². The van der Waals surface area contributed by atoms with Gasteiger partial charge in [0.1, 0.15) is 17.2 Å². The summed E-state index contributed by atoms with van der Waals surface area (Å²) in [7, 11) is 6.03. The van der Waals surface area contributed by atoms with E-state index >= 15 is 0 Å². The Kier molecular flexibility index (Phi) is 11.6. The van der Waals surface area contributed by atoms with Crippen molar-refractivity contribution < 1.29 is 47.5 Å². The third-order valence-electron chi connectivity index (χ3n) is 5.32. The molecular weight excluding hydrogens is 546 g/mol. The fraction of sp³-hybridized carbons (Fsp3) is 0.452. The molecule has 42 heavy (non-hydrogen) atoms. The van der Waals surface area contributed by atoms with E-state index in [-0.39, 0.29) is 5.75 Å². The van der Waals surface area contributed by atoms with Gasteiger partial charge in [-0.3, -0.25) is 4.79 Å². The van der Waals surface area contributed by atoms with Crippen LogP contribution in [0.2, 0.25) is 0 Å². The van der Waals surface area contributed by atoms with Crippen LogP contribution in [0.15, 0.2) is 30.3 Å². The third-order valence-corrected chi connectivity index (χ3v) is 5.32. The number of esters is 2. The largest absolute Gasteiger partial charge is 0.493 e. The van der Waals surface area contributed by atoms with Crippen molar-refractivity contribution in [1.82, 2.24) is 5.32 Å². The average molecular weight is 588 g/mol. The third kappa shape index (κ3) is 10.5. The van der Waals surface area contributed by atoms with Gasteiger partial charge in [-0.2, -0.15) is 0 Å². The number of benzene rings is 2. The van der Waals surface area contributed by atoms with Gasteiger partial charge < -0.3 is 38.5 Å². The molecule has 0 radical (unpaired) electrons. The lowest BCUT2D eigenvalue weighted by Crippen LogP contribution is -2.47. The quantitative estimate of drug-likeness (QED) is 0.207. The summed E-state index contributed by atoms with van der Waals surface area (Å²) in [6.45, 7) is 10.1. The minimum atomic E-state index is -1.35. The van der Waals surface area contributed by atoms with Crippen molar-refractivity contribution in [2.24, 2.45) is 0 Å². The molecule has 0 fully saturated rings. The Hall–Kier alpha value is -4.41. The van der Waals surface area contributed by atoms with Gasteiger partial charge in [-0.1, -0.05) is 18.2 Å². The van der Waals surface area contributed by atoms with Crippen molar-refractivity contribution in [3.05, 3.63) is 41.5 Å². The summed E-state index contributed by atoms with van der Waals surface area (Å²) in [6, 6.07) is 7.25. The van der Waals surface area contributed by atoms with Gasteiger partial charge in [0.05, 0.1) is 34.9 Å². The second-order valence-electron chi connectivity index (χ2n) is 11.1. The summed E-state index contributed by atoms with van der Waals surface area (Å²) in [5, 5.41) is 2.41. The number of amides is 1. The maximum atomic E-state index is 13.0. The normalized spacial score (nSPS) is 12.2. The van der Waals surface area contributed by atoms with Crippen LogP contribution < -0.4 is 29.0 Å². The van der Waals surface area contributed by atoms with E-state index in [0.717, 1.165) is 5.56 Å². The molecule has 11 heteroatoms. The molecule has 230 valence electrons. The Labute approximate surface area is 247 Å². The molecule has 0 bridgehead atoms. The first-order chi connectivity index (χ1) is 19.6. The lowest BCUT2D eigenvalue weighted by atomic mass is 10.1. The summed E-state index contributed by atoms with van der Waals surface area (Å²) in [5.74, 6) is 0.282. The minimum absolute atomic E-state index is 0.120. The van der Waals surface area contributed by atoms with Gasteiger partial charge >= 0.3 is 18.0 Å². The van der Waals surface area contributed by atoms with Gasteiger partial charge in [-0.25, -0.2) is 9.59 Å². The summed E-state index contributed by atoms with van der Waals surface area (Å²) in [5.41, 5.74) is -0.210. The van der Waals surface area contributed by atoms with E-state index in [4.69, 9.17) is 33.2 Å². The highest BCUT2D eigenvalue weighted by molar-refractivity contribution is 5.87. The minimum Gasteiger partial charge on any atom is -0.493 e. The van der Waals surface area contributed by atoms with Crippen LogP contribution in [-0.2, 0) is 19.1 Å². The van der Waals surface area contributed by atoms with Crippen LogP contribution in [0.5, 0.6) is 28.7 Å². The Balaban J connectivity index is 2.29. The van der Waals surface area contributed by atoms with Crippen molar-refractivity contribution >= 4 is 30.2 Å². The maximum absolute atomic E-state index is 13.0. The van der Waals surface area contributed by atoms with Gasteiger partial charge in [0, 0.05) is 0 Å². The number of nitrogens with one attached hydrogen (secondary N) is 1. The highest BCUT2D eigenvalue weighted by atomic mass is 16.6. The lowest BCUT2D eigenvalue weighted by Gasteiger charge is -2.26. The number of alkyl carbamates (subject to hydrolysis) is 1. The molecule has 2 aromatic rings. The fourth-order valence-corrected chi connectivity index (χ4v) is 3.61. The molecule has 1 unspecified atom stereocenters. The Bertz CT molecular complexity index is 1260. The number of hydrogen-bond acceptors (Lipinski definition) is 10. The first-order valence-corrected chi connectivity index (χ1v) is 13.2. The van der Waals surface area contributed by atoms with E-state index in [1.165, 1.54) is 28.4 Å². The molecule has 1 N–H and O–H groups in total. The topological polar surface area (TPSA) is 128 Å². The van der Waals surface area contributed by atoms with E-state index in [2.05, 4.69) is 5.32 Å². The molecule has 11 nitrogen and oxygen atoms in total. The maximum Gasteiger partial charge on any atom is 0.408 e. The van der Waals surface area contributed by atoms with Crippen molar-refractivity contribution in [1.29, 1.82) is 0 Å². The van der Waals surface area contributed by atoms with Crippen molar-refractivity contribution in [3.63, 3.8) is 0 Å². The summed E-state index contributed by atoms with van der Waals surface area (Å²) in [4.78, 5) is 38.2. The van der Waals surface area contributed by atoms with Crippen molar-refractivity contribution in [3.8, 4) is 28.7 Å². The zero-order valence-corrected chi connectivity index (χ0v) is 25.9. The molecule has 2 aromatic carbocycles. The number of carbonyl (C=O) groups excluding carboxylic acids is 3. The molecule has 0 aliphatic rings. The van der Waals surface area contributed by atoms with E-state index in [9.17, 15) is 14.4 Å². The Morgan fingerprint density at radius 2 is 1.24 bits per heavy atom. The van der Waals surface area contributed by atoms with E-state index in [1.807, 2.05) is 6.08 Å². The van der Waals surface area contributed by atoms with E-state index in [0.29, 0.717) is 28.6 Å². The van der Waals surface area contributed by atoms with Gasteiger partial charge in [-0.15, -0.1) is 0 Å². The molecule has 2 rings (SSSR count). The average Bonchev–Trinajstić information content (AvgIpc) is 2.88. The standard InChI is InChI=1S/C31H41NO10/c1-30(2,3)41-28(34)21(32-29(35)42-31(4,5)6)18-26(33)40-23-15-19(13-14-22(23)36-7)11-12-20-16-24(37-8)27(39-10)25(17-20)38-9/h11-17,21H,18H2,1-10H3,(H,32,35). The van der Waals surface area contributed by atoms with E-state index < -0.39 is 41.7 Å². The summed E-state index contributed by atoms with van der Waals surface area (Å²) in [6.07, 6.45) is 2.23. The number of rotatable bonds is 11. The van der Waals surface area contributed by atoms with Crippen LogP contribution in [0.25, 0.3) is 12.2 Å². The second-order valence-corrected chi connectivity index (χ2v) is 11.1. The van der Waals surface area contributed by atoms with Crippen LogP contribution in [0.4, 0.5) is 4.79 Å². The number of hydrogen-bond donors (Lipinski definition) is 1. The predicted molar refractivity (Wildman–Crippen MR) is 157 cm³/mol. The van der Waals surface area contributed by atoms with Crippen LogP contribution >= 0.6 is 0 Å². The highest BCUT2D eigenvalue weighted by Crippen LogP contribution is 2.39. The summed E-state index contributed by atoms with van der Waals surface area (Å²) >= 11 is 0. The first-order valence-electron chi connectivity index (χ1n) is 13.2.